The quantitative estimate of drug-likeness (QED) is 0.0215. The lowest BCUT2D eigenvalue weighted by molar-refractivity contribution is -0.303. The van der Waals surface area contributed by atoms with Gasteiger partial charge in [0, 0.05) is 0 Å². The Morgan fingerprint density at radius 2 is 0.705 bits per heavy atom. The number of carbonyl (C=O) groups excluding carboxylic acids is 1. The third kappa shape index (κ3) is 51.8. The van der Waals surface area contributed by atoms with Crippen molar-refractivity contribution in [3.63, 3.8) is 0 Å². The fourth-order valence-corrected chi connectivity index (χ4v) is 12.5. The van der Waals surface area contributed by atoms with Crippen molar-refractivity contribution in [2.45, 2.75) is 435 Å². The summed E-state index contributed by atoms with van der Waals surface area (Å²) in [5.41, 5.74) is 0. The second-order valence-electron chi connectivity index (χ2n) is 27.1. The molecule has 0 aliphatic carbocycles. The standard InChI is InChI=1S/C77H147NO10/c1-3-5-7-9-11-13-15-17-19-21-23-25-27-29-31-33-34-35-37-39-41-43-45-47-49-51-53-55-57-59-61-63-65-70(81)76(86)78-68(67-87-77-75(85)74(84)73(83)71(66-79)88-77)72(82)69(80)64-62-60-58-56-54-52-50-48-46-44-42-40-38-36-32-30-28-26-24-22-20-18-16-14-12-10-8-6-4-2/h23,25,29,31,56,58,68-75,77,79-85H,3-22,24,26-28,30,32-55,57,59-67H2,1-2H3,(H,78,86)/b25-23-,31-29-,58-56+. The minimum absolute atomic E-state index is 0.256. The van der Waals surface area contributed by atoms with E-state index in [1.54, 1.807) is 0 Å². The highest BCUT2D eigenvalue weighted by Gasteiger charge is 2.44. The number of aliphatic hydroxyl groups excluding tert-OH is 7. The van der Waals surface area contributed by atoms with Crippen molar-refractivity contribution in [2.24, 2.45) is 0 Å². The van der Waals surface area contributed by atoms with Crippen LogP contribution in [0.15, 0.2) is 36.5 Å². The van der Waals surface area contributed by atoms with Crippen LogP contribution in [0, 0.1) is 0 Å². The first kappa shape index (κ1) is 84.3. The molecule has 1 aliphatic heterocycles. The van der Waals surface area contributed by atoms with Crippen LogP contribution < -0.4 is 5.32 Å². The van der Waals surface area contributed by atoms with E-state index in [2.05, 4.69) is 55.6 Å². The third-order valence-corrected chi connectivity index (χ3v) is 18.7. The summed E-state index contributed by atoms with van der Waals surface area (Å²) in [6.45, 7) is 3.51. The minimum atomic E-state index is -1.67. The lowest BCUT2D eigenvalue weighted by Crippen LogP contribution is -2.60. The summed E-state index contributed by atoms with van der Waals surface area (Å²) in [7, 11) is 0. The number of hydrogen-bond acceptors (Lipinski definition) is 10. The Labute approximate surface area is 543 Å². The Hall–Kier alpha value is -1.67. The van der Waals surface area contributed by atoms with E-state index >= 15 is 0 Å². The summed E-state index contributed by atoms with van der Waals surface area (Å²) in [4.78, 5) is 13.3. The predicted octanol–water partition coefficient (Wildman–Crippen LogP) is 19.3. The molecule has 0 bridgehead atoms. The molecule has 11 heteroatoms. The topological polar surface area (TPSA) is 189 Å². The second kappa shape index (κ2) is 65.4. The van der Waals surface area contributed by atoms with E-state index in [0.29, 0.717) is 12.8 Å². The Bertz CT molecular complexity index is 1530. The Balaban J connectivity index is 2.17. The van der Waals surface area contributed by atoms with Crippen molar-refractivity contribution in [3.05, 3.63) is 36.5 Å². The van der Waals surface area contributed by atoms with Crippen LogP contribution >= 0.6 is 0 Å². The van der Waals surface area contributed by atoms with Gasteiger partial charge in [-0.1, -0.05) is 346 Å². The zero-order valence-corrected chi connectivity index (χ0v) is 57.7. The molecule has 0 spiro atoms. The van der Waals surface area contributed by atoms with Gasteiger partial charge in [-0.05, 0) is 70.6 Å². The van der Waals surface area contributed by atoms with Gasteiger partial charge < -0.3 is 50.5 Å². The van der Waals surface area contributed by atoms with Crippen LogP contribution in [-0.2, 0) is 14.3 Å². The first-order valence-electron chi connectivity index (χ1n) is 38.4. The average molecular weight is 1250 g/mol. The van der Waals surface area contributed by atoms with E-state index in [1.165, 1.54) is 295 Å². The molecule has 1 heterocycles. The van der Waals surface area contributed by atoms with Crippen molar-refractivity contribution in [2.75, 3.05) is 13.2 Å². The molecule has 0 aromatic carbocycles. The van der Waals surface area contributed by atoms with Crippen LogP contribution in [0.2, 0.25) is 0 Å². The van der Waals surface area contributed by atoms with Crippen LogP contribution in [0.3, 0.4) is 0 Å². The largest absolute Gasteiger partial charge is 0.394 e. The van der Waals surface area contributed by atoms with Gasteiger partial charge in [-0.15, -0.1) is 0 Å². The average Bonchev–Trinajstić information content (AvgIpc) is 3.73. The number of amides is 1. The highest BCUT2D eigenvalue weighted by Crippen LogP contribution is 2.24. The zero-order chi connectivity index (χ0) is 63.9. The summed E-state index contributed by atoms with van der Waals surface area (Å²) in [5, 5.41) is 76.6. The second-order valence-corrected chi connectivity index (χ2v) is 27.1. The molecule has 0 aromatic heterocycles. The Morgan fingerprint density at radius 1 is 0.398 bits per heavy atom. The summed E-state index contributed by atoms with van der Waals surface area (Å²) in [6.07, 6.45) is 73.9. The van der Waals surface area contributed by atoms with E-state index in [4.69, 9.17) is 9.47 Å². The number of hydrogen-bond donors (Lipinski definition) is 8. The molecule has 1 rings (SSSR count). The van der Waals surface area contributed by atoms with Gasteiger partial charge in [0.1, 0.15) is 36.6 Å². The highest BCUT2D eigenvalue weighted by atomic mass is 16.7. The number of ether oxygens (including phenoxy) is 2. The van der Waals surface area contributed by atoms with Crippen LogP contribution in [0.4, 0.5) is 0 Å². The fraction of sp³-hybridized carbons (Fsp3) is 0.909. The van der Waals surface area contributed by atoms with E-state index < -0.39 is 74.2 Å². The maximum Gasteiger partial charge on any atom is 0.249 e. The molecule has 9 atom stereocenters. The number of rotatable bonds is 68. The number of carbonyl (C=O) groups is 1. The molecule has 0 saturated carbocycles. The Morgan fingerprint density at radius 3 is 1.05 bits per heavy atom. The Kier molecular flexibility index (Phi) is 62.7. The number of allylic oxidation sites excluding steroid dienone is 6. The van der Waals surface area contributed by atoms with Crippen molar-refractivity contribution < 1.29 is 50.0 Å². The van der Waals surface area contributed by atoms with E-state index in [0.717, 1.165) is 44.9 Å². The molecule has 520 valence electrons. The van der Waals surface area contributed by atoms with Gasteiger partial charge in [-0.25, -0.2) is 0 Å². The van der Waals surface area contributed by atoms with E-state index in [9.17, 15) is 40.5 Å². The summed E-state index contributed by atoms with van der Waals surface area (Å²) in [6, 6.07) is -1.19. The number of nitrogens with one attached hydrogen (secondary N) is 1. The first-order chi connectivity index (χ1) is 43.2. The van der Waals surface area contributed by atoms with Crippen molar-refractivity contribution >= 4 is 5.91 Å². The van der Waals surface area contributed by atoms with Crippen LogP contribution in [0.5, 0.6) is 0 Å². The van der Waals surface area contributed by atoms with Crippen LogP contribution in [0.1, 0.15) is 380 Å². The van der Waals surface area contributed by atoms with Crippen LogP contribution in [0.25, 0.3) is 0 Å². The van der Waals surface area contributed by atoms with E-state index in [1.807, 2.05) is 0 Å². The monoisotopic (exact) mass is 1250 g/mol. The lowest BCUT2D eigenvalue weighted by Gasteiger charge is -2.40. The van der Waals surface area contributed by atoms with Gasteiger partial charge >= 0.3 is 0 Å². The van der Waals surface area contributed by atoms with Crippen molar-refractivity contribution in [3.8, 4) is 0 Å². The normalized spacial score (nSPS) is 18.8. The predicted molar refractivity (Wildman–Crippen MR) is 372 cm³/mol. The molecule has 0 aromatic rings. The minimum Gasteiger partial charge on any atom is -0.394 e. The van der Waals surface area contributed by atoms with E-state index in [-0.39, 0.29) is 12.8 Å². The van der Waals surface area contributed by atoms with Gasteiger partial charge in [0.15, 0.2) is 6.29 Å². The smallest absolute Gasteiger partial charge is 0.249 e. The van der Waals surface area contributed by atoms with Gasteiger partial charge in [0.2, 0.25) is 5.91 Å². The maximum atomic E-state index is 13.3. The lowest BCUT2D eigenvalue weighted by atomic mass is 9.98. The summed E-state index contributed by atoms with van der Waals surface area (Å²) in [5.74, 6) is -0.700. The van der Waals surface area contributed by atoms with Gasteiger partial charge in [0.05, 0.1) is 25.4 Å². The van der Waals surface area contributed by atoms with Gasteiger partial charge in [-0.2, -0.15) is 0 Å². The summed E-state index contributed by atoms with van der Waals surface area (Å²) < 4.78 is 11.2. The molecule has 1 aliphatic rings. The molecule has 8 N–H and O–H groups in total. The molecule has 1 saturated heterocycles. The molecule has 1 fully saturated rings. The molecular formula is C77H147NO10. The van der Waals surface area contributed by atoms with Crippen molar-refractivity contribution in [1.82, 2.24) is 5.32 Å². The number of aliphatic hydroxyl groups is 7. The zero-order valence-electron chi connectivity index (χ0n) is 57.7. The van der Waals surface area contributed by atoms with Gasteiger partial charge in [-0.3, -0.25) is 4.79 Å². The summed E-state index contributed by atoms with van der Waals surface area (Å²) >= 11 is 0. The molecule has 9 unspecified atom stereocenters. The first-order valence-corrected chi connectivity index (χ1v) is 38.4. The highest BCUT2D eigenvalue weighted by molar-refractivity contribution is 5.80. The van der Waals surface area contributed by atoms with Crippen LogP contribution in [-0.4, -0.2) is 110 Å². The molecule has 0 radical (unpaired) electrons. The molecule has 88 heavy (non-hydrogen) atoms. The number of unbranched alkanes of at least 4 members (excludes halogenated alkanes) is 50. The fourth-order valence-electron chi connectivity index (χ4n) is 12.5. The third-order valence-electron chi connectivity index (χ3n) is 18.7. The molecule has 11 nitrogen and oxygen atoms in total. The maximum absolute atomic E-state index is 13.3. The molecular weight excluding hydrogens is 1100 g/mol. The van der Waals surface area contributed by atoms with Crippen molar-refractivity contribution in [1.29, 1.82) is 0 Å². The van der Waals surface area contributed by atoms with Gasteiger partial charge in [0.25, 0.3) is 0 Å². The SMILES string of the molecule is CCCCCCCCCCC/C=C\C/C=C\CCCCCCCCCCCCCCCCCCC(O)C(=O)NC(COC1OC(CO)C(O)C(O)C1O)C(O)C(O)CCC/C=C/CCCCCCCCCCCCCCCCCCCCCCCCCC. The molecule has 1 amide bonds.